The van der Waals surface area contributed by atoms with Crippen LogP contribution in [0.1, 0.15) is 12.0 Å². The van der Waals surface area contributed by atoms with Crippen LogP contribution in [-0.4, -0.2) is 36.0 Å². The average molecular weight is 286 g/mol. The first kappa shape index (κ1) is 15.9. The van der Waals surface area contributed by atoms with Crippen molar-refractivity contribution in [3.8, 4) is 0 Å². The minimum absolute atomic E-state index is 0. The number of nitro groups is 1. The highest BCUT2D eigenvalue weighted by Gasteiger charge is 2.20. The normalized spacial score (nSPS) is 19.1. The molecule has 0 saturated carbocycles. The highest BCUT2D eigenvalue weighted by molar-refractivity contribution is 5.85. The van der Waals surface area contributed by atoms with E-state index in [-0.39, 0.29) is 23.0 Å². The summed E-state index contributed by atoms with van der Waals surface area (Å²) in [4.78, 5) is 12.6. The van der Waals surface area contributed by atoms with Gasteiger partial charge in [0.15, 0.2) is 0 Å². The number of hydrogen-bond acceptors (Lipinski definition) is 4. The van der Waals surface area contributed by atoms with Gasteiger partial charge in [0.2, 0.25) is 0 Å². The van der Waals surface area contributed by atoms with Crippen molar-refractivity contribution in [2.24, 2.45) is 11.7 Å². The Morgan fingerprint density at radius 1 is 1.37 bits per heavy atom. The Morgan fingerprint density at radius 2 is 2.05 bits per heavy atom. The fourth-order valence-electron chi connectivity index (χ4n) is 2.38. The summed E-state index contributed by atoms with van der Waals surface area (Å²) in [5.74, 6) is 0.641. The smallest absolute Gasteiger partial charge is 0.269 e. The maximum Gasteiger partial charge on any atom is 0.269 e. The van der Waals surface area contributed by atoms with Crippen molar-refractivity contribution in [3.05, 3.63) is 39.9 Å². The van der Waals surface area contributed by atoms with Crippen LogP contribution in [0.4, 0.5) is 5.69 Å². The van der Waals surface area contributed by atoms with E-state index in [1.807, 2.05) is 12.1 Å². The molecule has 2 rings (SSSR count). The third-order valence-corrected chi connectivity index (χ3v) is 3.57. The monoisotopic (exact) mass is 285 g/mol. The van der Waals surface area contributed by atoms with Gasteiger partial charge in [-0.1, -0.05) is 12.1 Å². The van der Waals surface area contributed by atoms with Crippen molar-refractivity contribution in [1.82, 2.24) is 4.90 Å². The van der Waals surface area contributed by atoms with Gasteiger partial charge < -0.3 is 10.6 Å². The van der Waals surface area contributed by atoms with Crippen molar-refractivity contribution in [1.29, 1.82) is 0 Å². The Kier molecular flexibility index (Phi) is 6.21. The molecular formula is C13H20ClN3O2. The van der Waals surface area contributed by atoms with Gasteiger partial charge in [-0.2, -0.15) is 0 Å². The summed E-state index contributed by atoms with van der Waals surface area (Å²) in [5.41, 5.74) is 6.96. The lowest BCUT2D eigenvalue weighted by atomic mass is 10.1. The molecule has 1 aliphatic rings. The van der Waals surface area contributed by atoms with Crippen LogP contribution >= 0.6 is 12.4 Å². The highest BCUT2D eigenvalue weighted by atomic mass is 35.5. The van der Waals surface area contributed by atoms with E-state index < -0.39 is 0 Å². The Morgan fingerprint density at radius 3 is 2.58 bits per heavy atom. The Balaban J connectivity index is 0.00000180. The summed E-state index contributed by atoms with van der Waals surface area (Å²) < 4.78 is 0. The predicted molar refractivity (Wildman–Crippen MR) is 77.6 cm³/mol. The van der Waals surface area contributed by atoms with Crippen LogP contribution in [0.15, 0.2) is 24.3 Å². The molecule has 1 aliphatic heterocycles. The van der Waals surface area contributed by atoms with E-state index in [2.05, 4.69) is 4.90 Å². The molecule has 1 heterocycles. The number of halogens is 1. The van der Waals surface area contributed by atoms with E-state index in [0.717, 1.165) is 38.2 Å². The van der Waals surface area contributed by atoms with Gasteiger partial charge in [0.1, 0.15) is 0 Å². The molecule has 0 aliphatic carbocycles. The fourth-order valence-corrected chi connectivity index (χ4v) is 2.38. The van der Waals surface area contributed by atoms with Crippen LogP contribution in [0, 0.1) is 16.0 Å². The van der Waals surface area contributed by atoms with E-state index >= 15 is 0 Å². The maximum absolute atomic E-state index is 10.5. The van der Waals surface area contributed by atoms with Crippen LogP contribution in [0.2, 0.25) is 0 Å². The summed E-state index contributed by atoms with van der Waals surface area (Å²) in [6.07, 6.45) is 2.13. The second-order valence-electron chi connectivity index (χ2n) is 4.86. The zero-order valence-corrected chi connectivity index (χ0v) is 11.6. The number of benzene rings is 1. The molecule has 1 saturated heterocycles. The van der Waals surface area contributed by atoms with E-state index in [4.69, 9.17) is 5.73 Å². The Hall–Kier alpha value is -1.17. The maximum atomic E-state index is 10.5. The van der Waals surface area contributed by atoms with E-state index in [9.17, 15) is 10.1 Å². The van der Waals surface area contributed by atoms with E-state index in [1.54, 1.807) is 12.1 Å². The van der Waals surface area contributed by atoms with Gasteiger partial charge >= 0.3 is 0 Å². The first-order valence-electron chi connectivity index (χ1n) is 6.35. The molecule has 1 unspecified atom stereocenters. The summed E-state index contributed by atoms with van der Waals surface area (Å²) in [6.45, 7) is 3.99. The standard InChI is InChI=1S/C13H19N3O2.ClH/c14-9-12-6-8-15(10-12)7-5-11-1-3-13(4-2-11)16(17)18;/h1-4,12H,5-10,14H2;1H. The Labute approximate surface area is 119 Å². The molecule has 6 heteroatoms. The van der Waals surface area contributed by atoms with Crippen molar-refractivity contribution >= 4 is 18.1 Å². The number of nitrogens with two attached hydrogens (primary N) is 1. The first-order valence-corrected chi connectivity index (χ1v) is 6.35. The number of rotatable bonds is 5. The number of hydrogen-bond donors (Lipinski definition) is 1. The number of nitro benzene ring substituents is 1. The molecule has 1 aromatic carbocycles. The molecular weight excluding hydrogens is 266 g/mol. The number of likely N-dealkylation sites (tertiary alicyclic amines) is 1. The quantitative estimate of drug-likeness (QED) is 0.662. The zero-order valence-electron chi connectivity index (χ0n) is 10.8. The summed E-state index contributed by atoms with van der Waals surface area (Å²) in [7, 11) is 0. The van der Waals surface area contributed by atoms with Crippen molar-refractivity contribution < 1.29 is 4.92 Å². The van der Waals surface area contributed by atoms with Crippen LogP contribution in [0.5, 0.6) is 0 Å². The minimum atomic E-state index is -0.365. The second kappa shape index (κ2) is 7.43. The highest BCUT2D eigenvalue weighted by Crippen LogP contribution is 2.16. The molecule has 19 heavy (non-hydrogen) atoms. The third kappa shape index (κ3) is 4.45. The molecule has 0 radical (unpaired) electrons. The van der Waals surface area contributed by atoms with Gasteiger partial charge in [-0.15, -0.1) is 12.4 Å². The third-order valence-electron chi connectivity index (χ3n) is 3.57. The number of non-ortho nitro benzene ring substituents is 1. The molecule has 106 valence electrons. The summed E-state index contributed by atoms with van der Waals surface area (Å²) in [6, 6.07) is 6.83. The lowest BCUT2D eigenvalue weighted by Crippen LogP contribution is -2.25. The van der Waals surface area contributed by atoms with Crippen molar-refractivity contribution in [2.75, 3.05) is 26.2 Å². The van der Waals surface area contributed by atoms with Crippen molar-refractivity contribution in [2.45, 2.75) is 12.8 Å². The van der Waals surface area contributed by atoms with Gasteiger partial charge in [-0.3, -0.25) is 10.1 Å². The second-order valence-corrected chi connectivity index (χ2v) is 4.86. The van der Waals surface area contributed by atoms with Crippen LogP contribution in [0.25, 0.3) is 0 Å². The molecule has 1 atom stereocenters. The average Bonchev–Trinajstić information content (AvgIpc) is 2.85. The van der Waals surface area contributed by atoms with Crippen LogP contribution < -0.4 is 5.73 Å². The molecule has 0 aromatic heterocycles. The van der Waals surface area contributed by atoms with Gasteiger partial charge in [-0.05, 0) is 37.4 Å². The largest absolute Gasteiger partial charge is 0.330 e. The van der Waals surface area contributed by atoms with Gasteiger partial charge in [0.25, 0.3) is 5.69 Å². The van der Waals surface area contributed by atoms with E-state index in [0.29, 0.717) is 5.92 Å². The molecule has 1 fully saturated rings. The number of nitrogens with zero attached hydrogens (tertiary/aromatic N) is 2. The van der Waals surface area contributed by atoms with Gasteiger partial charge in [0.05, 0.1) is 4.92 Å². The molecule has 5 nitrogen and oxygen atoms in total. The lowest BCUT2D eigenvalue weighted by molar-refractivity contribution is -0.384. The fraction of sp³-hybridized carbons (Fsp3) is 0.538. The van der Waals surface area contributed by atoms with Crippen molar-refractivity contribution in [3.63, 3.8) is 0 Å². The zero-order chi connectivity index (χ0) is 13.0. The SMILES string of the molecule is Cl.NCC1CCN(CCc2ccc([N+](=O)[O-])cc2)C1. The minimum Gasteiger partial charge on any atom is -0.330 e. The molecule has 2 N–H and O–H groups in total. The predicted octanol–water partition coefficient (Wildman–Crippen LogP) is 1.84. The van der Waals surface area contributed by atoms with E-state index in [1.165, 1.54) is 6.42 Å². The molecule has 0 bridgehead atoms. The summed E-state index contributed by atoms with van der Waals surface area (Å²) >= 11 is 0. The molecule has 0 amide bonds. The molecule has 1 aromatic rings. The van der Waals surface area contributed by atoms with Gasteiger partial charge in [-0.25, -0.2) is 0 Å². The Bertz CT molecular complexity index is 411. The topological polar surface area (TPSA) is 72.4 Å². The first-order chi connectivity index (χ1) is 8.69. The van der Waals surface area contributed by atoms with Crippen LogP contribution in [0.3, 0.4) is 0 Å². The van der Waals surface area contributed by atoms with Gasteiger partial charge in [0, 0.05) is 25.2 Å². The summed E-state index contributed by atoms with van der Waals surface area (Å²) in [5, 5.41) is 10.5. The molecule has 0 spiro atoms. The van der Waals surface area contributed by atoms with Crippen LogP contribution in [-0.2, 0) is 6.42 Å². The lowest BCUT2D eigenvalue weighted by Gasteiger charge is -2.15.